The summed E-state index contributed by atoms with van der Waals surface area (Å²) in [5, 5.41) is 15.3. The monoisotopic (exact) mass is 214 g/mol. The lowest BCUT2D eigenvalue weighted by molar-refractivity contribution is 0.0703. The molecule has 2 amide bonds. The molecule has 0 saturated heterocycles. The van der Waals surface area contributed by atoms with Crippen molar-refractivity contribution in [2.75, 3.05) is 12.4 Å². The summed E-state index contributed by atoms with van der Waals surface area (Å²) < 4.78 is 0. The molecule has 76 valence electrons. The zero-order valence-electron chi connectivity index (χ0n) is 7.75. The maximum absolute atomic E-state index is 11.0. The van der Waals surface area contributed by atoms with Gasteiger partial charge >= 0.3 is 12.0 Å². The summed E-state index contributed by atoms with van der Waals surface area (Å²) in [6, 6.07) is -0.422. The Morgan fingerprint density at radius 3 is 2.64 bits per heavy atom. The lowest BCUT2D eigenvalue weighted by Crippen LogP contribution is -2.25. The van der Waals surface area contributed by atoms with E-state index in [0.717, 1.165) is 16.9 Å². The first-order valence-corrected chi connectivity index (χ1v) is 4.74. The fourth-order valence-electron chi connectivity index (χ4n) is 0.933. The van der Waals surface area contributed by atoms with Crippen LogP contribution in [0.25, 0.3) is 0 Å². The van der Waals surface area contributed by atoms with Crippen LogP contribution in [-0.2, 0) is 0 Å². The van der Waals surface area contributed by atoms with E-state index < -0.39 is 12.0 Å². The van der Waals surface area contributed by atoms with Crippen molar-refractivity contribution in [2.24, 2.45) is 0 Å². The lowest BCUT2D eigenvalue weighted by Gasteiger charge is -2.04. The molecule has 0 radical (unpaired) electrons. The quantitative estimate of drug-likeness (QED) is 0.698. The number of carbonyl (C=O) groups excluding carboxylic acids is 1. The Hall–Kier alpha value is -1.56. The fraction of sp³-hybridized carbons (Fsp3) is 0.250. The van der Waals surface area contributed by atoms with Crippen molar-refractivity contribution in [1.29, 1.82) is 0 Å². The highest BCUT2D eigenvalue weighted by molar-refractivity contribution is 7.12. The lowest BCUT2D eigenvalue weighted by atomic mass is 10.3. The third-order valence-electron chi connectivity index (χ3n) is 1.63. The van der Waals surface area contributed by atoms with Crippen molar-refractivity contribution in [2.45, 2.75) is 6.92 Å². The Morgan fingerprint density at radius 1 is 1.50 bits per heavy atom. The number of rotatable bonds is 2. The summed E-state index contributed by atoms with van der Waals surface area (Å²) in [4.78, 5) is 21.9. The highest BCUT2D eigenvalue weighted by Gasteiger charge is 2.16. The molecule has 0 fully saturated rings. The molecule has 1 aromatic heterocycles. The molecule has 0 unspecified atom stereocenters. The van der Waals surface area contributed by atoms with E-state index in [1.807, 2.05) is 0 Å². The second-order valence-corrected chi connectivity index (χ2v) is 3.51. The minimum Gasteiger partial charge on any atom is -0.477 e. The second-order valence-electron chi connectivity index (χ2n) is 2.63. The van der Waals surface area contributed by atoms with E-state index in [1.165, 1.54) is 7.05 Å². The van der Waals surface area contributed by atoms with Crippen molar-refractivity contribution < 1.29 is 14.7 Å². The van der Waals surface area contributed by atoms with Gasteiger partial charge in [-0.15, -0.1) is 11.3 Å². The van der Waals surface area contributed by atoms with Crippen LogP contribution in [0, 0.1) is 6.92 Å². The van der Waals surface area contributed by atoms with E-state index in [0.29, 0.717) is 5.69 Å². The number of urea groups is 1. The molecule has 0 aliphatic heterocycles. The molecule has 6 heteroatoms. The molecule has 14 heavy (non-hydrogen) atoms. The molecule has 1 aromatic rings. The molecule has 3 N–H and O–H groups in total. The van der Waals surface area contributed by atoms with E-state index in [4.69, 9.17) is 5.11 Å². The van der Waals surface area contributed by atoms with Gasteiger partial charge in [0, 0.05) is 7.05 Å². The Labute approximate surface area is 84.7 Å². The summed E-state index contributed by atoms with van der Waals surface area (Å²) in [5.41, 5.74) is 1.11. The first kappa shape index (κ1) is 10.5. The van der Waals surface area contributed by atoms with Gasteiger partial charge < -0.3 is 15.7 Å². The molecular formula is C8H10N2O3S. The van der Waals surface area contributed by atoms with Crippen LogP contribution in [0.4, 0.5) is 10.5 Å². The number of nitrogens with one attached hydrogen (secondary N) is 2. The second kappa shape index (κ2) is 4.10. The van der Waals surface area contributed by atoms with E-state index in [2.05, 4.69) is 10.6 Å². The molecular weight excluding hydrogens is 204 g/mol. The van der Waals surface area contributed by atoms with Crippen molar-refractivity contribution in [3.63, 3.8) is 0 Å². The van der Waals surface area contributed by atoms with Crippen LogP contribution in [0.5, 0.6) is 0 Å². The number of carboxylic acid groups (broad SMARTS) is 1. The number of aromatic carboxylic acids is 1. The topological polar surface area (TPSA) is 78.4 Å². The molecule has 1 heterocycles. The van der Waals surface area contributed by atoms with Crippen molar-refractivity contribution in [1.82, 2.24) is 5.32 Å². The van der Waals surface area contributed by atoms with Crippen LogP contribution >= 0.6 is 11.3 Å². The van der Waals surface area contributed by atoms with Gasteiger partial charge in [-0.05, 0) is 17.9 Å². The Kier molecular flexibility index (Phi) is 3.08. The smallest absolute Gasteiger partial charge is 0.348 e. The maximum Gasteiger partial charge on any atom is 0.348 e. The van der Waals surface area contributed by atoms with Crippen molar-refractivity contribution in [3.05, 3.63) is 15.8 Å². The summed E-state index contributed by atoms with van der Waals surface area (Å²) in [7, 11) is 1.47. The number of carbonyl (C=O) groups is 2. The van der Waals surface area contributed by atoms with Crippen molar-refractivity contribution in [3.8, 4) is 0 Å². The van der Waals surface area contributed by atoms with Gasteiger partial charge in [0.15, 0.2) is 0 Å². The average Bonchev–Trinajstić information content (AvgIpc) is 2.48. The Bertz CT molecular complexity index is 373. The van der Waals surface area contributed by atoms with Crippen LogP contribution in [0.2, 0.25) is 0 Å². The van der Waals surface area contributed by atoms with E-state index >= 15 is 0 Å². The SMILES string of the molecule is CNC(=O)Nc1c(C)csc1C(=O)O. The normalized spacial score (nSPS) is 9.57. The van der Waals surface area contributed by atoms with E-state index in [1.54, 1.807) is 12.3 Å². The molecule has 1 rings (SSSR count). The zero-order chi connectivity index (χ0) is 10.7. The molecule has 0 spiro atoms. The summed E-state index contributed by atoms with van der Waals surface area (Å²) >= 11 is 1.09. The first-order chi connectivity index (χ1) is 6.56. The summed E-state index contributed by atoms with van der Waals surface area (Å²) in [6.07, 6.45) is 0. The summed E-state index contributed by atoms with van der Waals surface area (Å²) in [5.74, 6) is -1.03. The van der Waals surface area contributed by atoms with Crippen LogP contribution in [-0.4, -0.2) is 24.2 Å². The number of aryl methyl sites for hydroxylation is 1. The number of thiophene rings is 1. The number of carboxylic acids is 1. The van der Waals surface area contributed by atoms with Crippen LogP contribution in [0.15, 0.2) is 5.38 Å². The third-order valence-corrected chi connectivity index (χ3v) is 2.72. The number of amides is 2. The zero-order valence-corrected chi connectivity index (χ0v) is 8.57. The molecule has 5 nitrogen and oxygen atoms in total. The maximum atomic E-state index is 11.0. The Balaban J connectivity index is 2.99. The van der Waals surface area contributed by atoms with E-state index in [-0.39, 0.29) is 4.88 Å². The Morgan fingerprint density at radius 2 is 2.14 bits per heavy atom. The van der Waals surface area contributed by atoms with Gasteiger partial charge in [-0.1, -0.05) is 0 Å². The molecule has 0 aliphatic carbocycles. The predicted octanol–water partition coefficient (Wildman–Crippen LogP) is 1.51. The highest BCUT2D eigenvalue weighted by Crippen LogP contribution is 2.27. The van der Waals surface area contributed by atoms with Gasteiger partial charge in [0.05, 0.1) is 5.69 Å². The third kappa shape index (κ3) is 2.02. The largest absolute Gasteiger partial charge is 0.477 e. The van der Waals surface area contributed by atoms with Gasteiger partial charge in [0.25, 0.3) is 0 Å². The molecule has 0 bridgehead atoms. The molecule has 0 aliphatic rings. The fourth-order valence-corrected chi connectivity index (χ4v) is 1.78. The minimum absolute atomic E-state index is 0.145. The average molecular weight is 214 g/mol. The van der Waals surface area contributed by atoms with Crippen LogP contribution in [0.1, 0.15) is 15.2 Å². The van der Waals surface area contributed by atoms with Gasteiger partial charge in [0.1, 0.15) is 4.88 Å². The first-order valence-electron chi connectivity index (χ1n) is 3.86. The van der Waals surface area contributed by atoms with Crippen LogP contribution in [0.3, 0.4) is 0 Å². The van der Waals surface area contributed by atoms with Gasteiger partial charge in [-0.3, -0.25) is 0 Å². The van der Waals surface area contributed by atoms with Gasteiger partial charge in [-0.2, -0.15) is 0 Å². The van der Waals surface area contributed by atoms with Gasteiger partial charge in [-0.25, -0.2) is 9.59 Å². The highest BCUT2D eigenvalue weighted by atomic mass is 32.1. The standard InChI is InChI=1S/C8H10N2O3S/c1-4-3-14-6(7(11)12)5(4)10-8(13)9-2/h3H,1-2H3,(H,11,12)(H2,9,10,13). The molecule has 0 saturated carbocycles. The molecule has 0 atom stereocenters. The number of anilines is 1. The van der Waals surface area contributed by atoms with E-state index in [9.17, 15) is 9.59 Å². The van der Waals surface area contributed by atoms with Crippen LogP contribution < -0.4 is 10.6 Å². The minimum atomic E-state index is -1.03. The number of hydrogen-bond donors (Lipinski definition) is 3. The van der Waals surface area contributed by atoms with Crippen molar-refractivity contribution >= 4 is 29.0 Å². The molecule has 0 aromatic carbocycles. The van der Waals surface area contributed by atoms with Gasteiger partial charge in [0.2, 0.25) is 0 Å². The summed E-state index contributed by atoms with van der Waals surface area (Å²) in [6.45, 7) is 1.74. The number of hydrogen-bond acceptors (Lipinski definition) is 3. The predicted molar refractivity (Wildman–Crippen MR) is 54.1 cm³/mol.